The van der Waals surface area contributed by atoms with Crippen molar-refractivity contribution in [2.45, 2.75) is 46.6 Å². The van der Waals surface area contributed by atoms with Crippen LogP contribution in [-0.4, -0.2) is 17.6 Å². The minimum atomic E-state index is -0.485. The number of furan rings is 1. The Bertz CT molecular complexity index is 1360. The van der Waals surface area contributed by atoms with E-state index in [1.807, 2.05) is 64.1 Å². The molecule has 4 aromatic rings. The maximum absolute atomic E-state index is 12.8. The summed E-state index contributed by atoms with van der Waals surface area (Å²) in [5.41, 5.74) is 4.81. The van der Waals surface area contributed by atoms with Crippen molar-refractivity contribution < 1.29 is 18.7 Å². The normalized spacial score (nSPS) is 12.4. The molecule has 1 amide bonds. The lowest BCUT2D eigenvalue weighted by atomic mass is 9.98. The topological polar surface area (TPSA) is 92.7 Å². The lowest BCUT2D eigenvalue weighted by Gasteiger charge is -2.17. The number of aliphatic hydroxyl groups excluding tert-OH is 1. The summed E-state index contributed by atoms with van der Waals surface area (Å²) in [5.74, 6) is 0.604. The number of hydrogen-bond acceptors (Lipinski definition) is 5. The first-order valence-corrected chi connectivity index (χ1v) is 10.7. The van der Waals surface area contributed by atoms with Crippen LogP contribution in [0.5, 0.6) is 0 Å². The predicted octanol–water partition coefficient (Wildman–Crippen LogP) is 4.56. The number of fused-ring (bicyclic) bond motifs is 2. The van der Waals surface area contributed by atoms with Gasteiger partial charge in [0.1, 0.15) is 16.9 Å². The van der Waals surface area contributed by atoms with Gasteiger partial charge in [-0.2, -0.15) is 0 Å². The predicted molar refractivity (Wildman–Crippen MR) is 124 cm³/mol. The highest BCUT2D eigenvalue weighted by molar-refractivity contribution is 6.00. The zero-order valence-corrected chi connectivity index (χ0v) is 18.7. The average molecular weight is 434 g/mol. The van der Waals surface area contributed by atoms with Gasteiger partial charge in [0, 0.05) is 28.3 Å². The Labute approximate surface area is 185 Å². The van der Waals surface area contributed by atoms with Crippen LogP contribution in [0.2, 0.25) is 0 Å². The fourth-order valence-electron chi connectivity index (χ4n) is 4.21. The average Bonchev–Trinajstić information content (AvgIpc) is 3.07. The van der Waals surface area contributed by atoms with Crippen molar-refractivity contribution in [3.63, 3.8) is 0 Å². The Morgan fingerprint density at radius 2 is 1.62 bits per heavy atom. The Morgan fingerprint density at radius 1 is 0.969 bits per heavy atom. The summed E-state index contributed by atoms with van der Waals surface area (Å²) < 4.78 is 11.6. The minimum Gasteiger partial charge on any atom is -0.461 e. The fourth-order valence-corrected chi connectivity index (χ4v) is 4.21. The van der Waals surface area contributed by atoms with E-state index >= 15 is 0 Å². The summed E-state index contributed by atoms with van der Waals surface area (Å²) in [4.78, 5) is 25.3. The van der Waals surface area contributed by atoms with Gasteiger partial charge in [-0.15, -0.1) is 0 Å². The molecule has 1 atom stereocenters. The molecule has 4 rings (SSSR count). The van der Waals surface area contributed by atoms with Gasteiger partial charge in [0.25, 0.3) is 0 Å². The van der Waals surface area contributed by atoms with E-state index in [9.17, 15) is 14.7 Å². The van der Waals surface area contributed by atoms with Crippen LogP contribution in [0.15, 0.2) is 50.0 Å². The van der Waals surface area contributed by atoms with Gasteiger partial charge in [0.2, 0.25) is 5.91 Å². The number of aliphatic hydroxyl groups is 1. The molecule has 0 fully saturated rings. The van der Waals surface area contributed by atoms with Gasteiger partial charge in [0.15, 0.2) is 0 Å². The maximum Gasteiger partial charge on any atom is 0.339 e. The van der Waals surface area contributed by atoms with E-state index in [0.29, 0.717) is 11.1 Å². The zero-order chi connectivity index (χ0) is 23.0. The molecule has 0 unspecified atom stereocenters. The van der Waals surface area contributed by atoms with E-state index in [-0.39, 0.29) is 25.4 Å². The SMILES string of the molecule is Cc1oc2c(C)c3oc(=O)c(CCC(=O)N[C@H](CO)c4ccccc4)c(C)c3cc2c1C. The van der Waals surface area contributed by atoms with Crippen LogP contribution in [0.4, 0.5) is 0 Å². The van der Waals surface area contributed by atoms with E-state index in [4.69, 9.17) is 8.83 Å². The van der Waals surface area contributed by atoms with E-state index in [0.717, 1.165) is 44.4 Å². The standard InChI is InChI=1S/C26H27NO5/c1-14-17(4)31-24-16(3)25-21(12-20(14)24)15(2)19(26(30)32-25)10-11-23(29)27-22(13-28)18-8-6-5-7-9-18/h5-9,12,22,28H,10-11,13H2,1-4H3,(H,27,29)/t22-/m1/s1. The summed E-state index contributed by atoms with van der Waals surface area (Å²) in [6.45, 7) is 7.51. The van der Waals surface area contributed by atoms with E-state index in [1.54, 1.807) is 0 Å². The number of aryl methyl sites for hydroxylation is 4. The quantitative estimate of drug-likeness (QED) is 0.435. The van der Waals surface area contributed by atoms with Gasteiger partial charge in [-0.05, 0) is 56.9 Å². The minimum absolute atomic E-state index is 0.117. The maximum atomic E-state index is 12.8. The van der Waals surface area contributed by atoms with Crippen LogP contribution in [-0.2, 0) is 11.2 Å². The van der Waals surface area contributed by atoms with Crippen molar-refractivity contribution in [2.75, 3.05) is 6.61 Å². The van der Waals surface area contributed by atoms with Crippen LogP contribution >= 0.6 is 0 Å². The lowest BCUT2D eigenvalue weighted by molar-refractivity contribution is -0.122. The van der Waals surface area contributed by atoms with Crippen molar-refractivity contribution in [1.29, 1.82) is 0 Å². The Kier molecular flexibility index (Phi) is 5.89. The molecule has 0 radical (unpaired) electrons. The van der Waals surface area contributed by atoms with Crippen molar-refractivity contribution in [2.24, 2.45) is 0 Å². The van der Waals surface area contributed by atoms with Crippen molar-refractivity contribution in [3.8, 4) is 0 Å². The molecule has 0 aliphatic rings. The molecule has 0 bridgehead atoms. The third kappa shape index (κ3) is 3.82. The molecule has 0 saturated heterocycles. The Morgan fingerprint density at radius 3 is 2.31 bits per heavy atom. The molecule has 6 nitrogen and oxygen atoms in total. The molecule has 6 heteroatoms. The summed E-state index contributed by atoms with van der Waals surface area (Å²) in [5, 5.41) is 14.4. The second-order valence-corrected chi connectivity index (χ2v) is 8.24. The van der Waals surface area contributed by atoms with E-state index in [2.05, 4.69) is 5.32 Å². The number of hydrogen-bond donors (Lipinski definition) is 2. The molecule has 2 aromatic carbocycles. The van der Waals surface area contributed by atoms with Crippen LogP contribution in [0.1, 0.15) is 46.0 Å². The molecular weight excluding hydrogens is 406 g/mol. The highest BCUT2D eigenvalue weighted by Gasteiger charge is 2.20. The molecule has 2 heterocycles. The number of amides is 1. The van der Waals surface area contributed by atoms with Gasteiger partial charge in [0.05, 0.1) is 12.6 Å². The first-order chi connectivity index (χ1) is 15.3. The molecule has 0 aliphatic heterocycles. The third-order valence-corrected chi connectivity index (χ3v) is 6.27. The lowest BCUT2D eigenvalue weighted by Crippen LogP contribution is -2.31. The van der Waals surface area contributed by atoms with Gasteiger partial charge < -0.3 is 19.3 Å². The van der Waals surface area contributed by atoms with Crippen LogP contribution < -0.4 is 10.9 Å². The number of benzene rings is 2. The summed E-state index contributed by atoms with van der Waals surface area (Å²) in [7, 11) is 0. The third-order valence-electron chi connectivity index (χ3n) is 6.27. The first-order valence-electron chi connectivity index (χ1n) is 10.7. The van der Waals surface area contributed by atoms with Gasteiger partial charge in [-0.3, -0.25) is 4.79 Å². The number of carbonyl (C=O) groups excluding carboxylic acids is 1. The number of carbonyl (C=O) groups is 1. The van der Waals surface area contributed by atoms with Crippen LogP contribution in [0.3, 0.4) is 0 Å². The molecule has 2 N–H and O–H groups in total. The largest absolute Gasteiger partial charge is 0.461 e. The molecule has 0 aliphatic carbocycles. The monoisotopic (exact) mass is 433 g/mol. The fraction of sp³-hybridized carbons (Fsp3) is 0.308. The number of nitrogens with one attached hydrogen (secondary N) is 1. The van der Waals surface area contributed by atoms with Crippen molar-refractivity contribution >= 4 is 27.8 Å². The summed E-state index contributed by atoms with van der Waals surface area (Å²) in [6.07, 6.45) is 0.370. The van der Waals surface area contributed by atoms with E-state index in [1.165, 1.54) is 0 Å². The highest BCUT2D eigenvalue weighted by Crippen LogP contribution is 2.34. The van der Waals surface area contributed by atoms with Crippen LogP contribution in [0, 0.1) is 27.7 Å². The summed E-state index contributed by atoms with van der Waals surface area (Å²) >= 11 is 0. The van der Waals surface area contributed by atoms with Gasteiger partial charge >= 0.3 is 5.63 Å². The first kappa shape index (κ1) is 21.8. The zero-order valence-electron chi connectivity index (χ0n) is 18.7. The number of rotatable bonds is 6. The van der Waals surface area contributed by atoms with Gasteiger partial charge in [-0.1, -0.05) is 30.3 Å². The Balaban J connectivity index is 1.62. The van der Waals surface area contributed by atoms with E-state index < -0.39 is 11.7 Å². The Hall–Kier alpha value is -3.38. The van der Waals surface area contributed by atoms with Gasteiger partial charge in [-0.25, -0.2) is 4.79 Å². The molecule has 32 heavy (non-hydrogen) atoms. The summed E-state index contributed by atoms with van der Waals surface area (Å²) in [6, 6.07) is 10.8. The second kappa shape index (κ2) is 8.63. The molecular formula is C26H27NO5. The van der Waals surface area contributed by atoms with Crippen LogP contribution in [0.25, 0.3) is 21.9 Å². The second-order valence-electron chi connectivity index (χ2n) is 8.24. The highest BCUT2D eigenvalue weighted by atomic mass is 16.4. The smallest absolute Gasteiger partial charge is 0.339 e. The van der Waals surface area contributed by atoms with Crippen molar-refractivity contribution in [1.82, 2.24) is 5.32 Å². The molecule has 0 saturated carbocycles. The van der Waals surface area contributed by atoms with Crippen molar-refractivity contribution in [3.05, 3.63) is 80.4 Å². The molecule has 0 spiro atoms. The molecule has 2 aromatic heterocycles. The molecule has 166 valence electrons.